The Balaban J connectivity index is 0.000000151. The molecular weight excluding hydrogens is 486 g/mol. The summed E-state index contributed by atoms with van der Waals surface area (Å²) in [5.74, 6) is 0. The van der Waals surface area contributed by atoms with Crippen molar-refractivity contribution in [2.24, 2.45) is 0 Å². The molecule has 0 aromatic heterocycles. The Kier molecular flexibility index (Phi) is 9.51. The van der Waals surface area contributed by atoms with Crippen LogP contribution in [0.4, 0.5) is 0 Å². The minimum absolute atomic E-state index is 1.15. The zero-order valence-electron chi connectivity index (χ0n) is 16.5. The molecule has 150 valence electrons. The predicted molar refractivity (Wildman–Crippen MR) is 129 cm³/mol. The monoisotopic (exact) mass is 506 g/mol. The van der Waals surface area contributed by atoms with Crippen LogP contribution in [0.25, 0.3) is 10.8 Å². The van der Waals surface area contributed by atoms with Crippen molar-refractivity contribution in [3.63, 3.8) is 0 Å². The van der Waals surface area contributed by atoms with Crippen LogP contribution in [0, 0.1) is 0 Å². The number of fused-ring (bicyclic) bond motifs is 1. The van der Waals surface area contributed by atoms with E-state index < -0.39 is 18.9 Å². The average Bonchev–Trinajstić information content (AvgIpc) is 3.51. The van der Waals surface area contributed by atoms with Gasteiger partial charge < -0.3 is 0 Å². The first-order valence-corrected chi connectivity index (χ1v) is 17.2. The van der Waals surface area contributed by atoms with E-state index in [4.69, 9.17) is 17.0 Å². The molecule has 0 N–H and O–H groups in total. The summed E-state index contributed by atoms with van der Waals surface area (Å²) in [6.45, 7) is 0. The summed E-state index contributed by atoms with van der Waals surface area (Å²) in [7, 11) is 12.5. The van der Waals surface area contributed by atoms with Crippen molar-refractivity contribution in [3.8, 4) is 0 Å². The first kappa shape index (κ1) is 22.6. The van der Waals surface area contributed by atoms with Crippen LogP contribution in [0.5, 0.6) is 0 Å². The van der Waals surface area contributed by atoms with Crippen LogP contribution in [0.1, 0.15) is 11.1 Å². The van der Waals surface area contributed by atoms with E-state index in [2.05, 4.69) is 66.7 Å². The molecule has 0 amide bonds. The van der Waals surface area contributed by atoms with Crippen LogP contribution in [0.15, 0.2) is 133 Å². The Hall–Kier alpha value is -2.05. The molecule has 5 aromatic rings. The first-order valence-electron chi connectivity index (χ1n) is 9.69. The molecule has 0 aliphatic carbocycles. The van der Waals surface area contributed by atoms with E-state index in [-0.39, 0.29) is 0 Å². The molecule has 0 saturated carbocycles. The van der Waals surface area contributed by atoms with Crippen LogP contribution in [-0.2, 0) is 18.9 Å². The van der Waals surface area contributed by atoms with Crippen molar-refractivity contribution in [3.05, 3.63) is 145 Å². The Bertz CT molecular complexity index is 1050. The number of hydrogen-bond donors (Lipinski definition) is 0. The van der Waals surface area contributed by atoms with Gasteiger partial charge in [-0.1, -0.05) is 6.07 Å². The molecule has 3 heteroatoms. The van der Waals surface area contributed by atoms with Crippen LogP contribution < -0.4 is 0 Å². The Morgan fingerprint density at radius 3 is 1.57 bits per heavy atom. The smallest absolute Gasteiger partial charge is 0.0809 e. The molecule has 0 radical (unpaired) electrons. The topological polar surface area (TPSA) is 0 Å². The fourth-order valence-electron chi connectivity index (χ4n) is 2.99. The minimum atomic E-state index is -2.44. The van der Waals surface area contributed by atoms with Gasteiger partial charge >= 0.3 is 111 Å². The molecule has 0 bridgehead atoms. The molecule has 30 heavy (non-hydrogen) atoms. The zero-order chi connectivity index (χ0) is 21.0. The van der Waals surface area contributed by atoms with Crippen LogP contribution in [-0.4, -0.2) is 3.21 Å². The van der Waals surface area contributed by atoms with Crippen molar-refractivity contribution in [2.45, 2.75) is 0 Å². The second-order valence-electron chi connectivity index (χ2n) is 6.48. The Morgan fingerprint density at radius 1 is 0.567 bits per heavy atom. The molecule has 0 nitrogen and oxygen atoms in total. The van der Waals surface area contributed by atoms with E-state index >= 15 is 0 Å². The van der Waals surface area contributed by atoms with Crippen LogP contribution >= 0.6 is 17.0 Å². The second kappa shape index (κ2) is 12.6. The summed E-state index contributed by atoms with van der Waals surface area (Å²) in [6, 6.07) is 45.0. The second-order valence-corrected chi connectivity index (χ2v) is 14.6. The van der Waals surface area contributed by atoms with Gasteiger partial charge in [-0.05, 0) is 0 Å². The standard InChI is InChI=1S/C13H10.C9H7.C5H5.2ClH.Zr/c1-3-7-12(8-4-1)11-13-9-5-2-6-10-13;1-2-5-9-7-3-6-8(9)4-1;1-2-4-5-3-1;;;/h1-10H;1-7H;1-5H;2*1H;/q;2*-1;;;+2/p-2. The molecule has 0 aliphatic rings. The zero-order valence-corrected chi connectivity index (χ0v) is 20.4. The van der Waals surface area contributed by atoms with Crippen molar-refractivity contribution >= 4 is 31.0 Å². The summed E-state index contributed by atoms with van der Waals surface area (Å²) < 4.78 is 1.15. The Labute approximate surface area is 193 Å². The predicted octanol–water partition coefficient (Wildman–Crippen LogP) is 8.15. The average molecular weight is 509 g/mol. The van der Waals surface area contributed by atoms with E-state index in [1.165, 1.54) is 10.8 Å². The number of hydrogen-bond acceptors (Lipinski definition) is 0. The largest absolute Gasteiger partial charge is 0.214 e. The quantitative estimate of drug-likeness (QED) is 0.211. The number of halogens is 2. The molecule has 0 spiro atoms. The molecule has 0 aliphatic heterocycles. The molecule has 0 saturated heterocycles. The summed E-state index contributed by atoms with van der Waals surface area (Å²) in [5, 5.41) is 2.66. The summed E-state index contributed by atoms with van der Waals surface area (Å²) in [5.41, 5.74) is 2.29. The SMILES string of the molecule is [Cl][Zr]([Cl])=[C](c1ccccc1)c1ccccc1.c1cc[cH-]c1.c1ccc2[cH-]ccc2c1. The van der Waals surface area contributed by atoms with E-state index in [1.54, 1.807) is 0 Å². The van der Waals surface area contributed by atoms with E-state index in [9.17, 15) is 0 Å². The summed E-state index contributed by atoms with van der Waals surface area (Å²) in [6.07, 6.45) is 0. The van der Waals surface area contributed by atoms with Gasteiger partial charge in [0.1, 0.15) is 0 Å². The van der Waals surface area contributed by atoms with Crippen molar-refractivity contribution in [1.82, 2.24) is 0 Å². The molecule has 0 atom stereocenters. The normalized spacial score (nSPS) is 9.67. The van der Waals surface area contributed by atoms with Gasteiger partial charge in [-0.3, -0.25) is 0 Å². The van der Waals surface area contributed by atoms with Gasteiger partial charge in [0.05, 0.1) is 0 Å². The van der Waals surface area contributed by atoms with E-state index in [1.807, 2.05) is 66.7 Å². The maximum Gasteiger partial charge on any atom is -0.0809 e. The number of rotatable bonds is 2. The van der Waals surface area contributed by atoms with Gasteiger partial charge in [-0.2, -0.15) is 35.7 Å². The molecular formula is C27H22Cl2Zr-2. The summed E-state index contributed by atoms with van der Waals surface area (Å²) in [4.78, 5) is 0. The Morgan fingerprint density at radius 2 is 1.10 bits per heavy atom. The third-order valence-corrected chi connectivity index (χ3v) is 9.00. The van der Waals surface area contributed by atoms with Crippen molar-refractivity contribution < 1.29 is 18.9 Å². The van der Waals surface area contributed by atoms with Gasteiger partial charge in [0, 0.05) is 0 Å². The third kappa shape index (κ3) is 7.03. The van der Waals surface area contributed by atoms with E-state index in [0.717, 1.165) is 14.3 Å². The van der Waals surface area contributed by atoms with Gasteiger partial charge in [0.2, 0.25) is 0 Å². The van der Waals surface area contributed by atoms with Crippen LogP contribution in [0.3, 0.4) is 0 Å². The van der Waals surface area contributed by atoms with Crippen LogP contribution in [0.2, 0.25) is 0 Å². The molecule has 5 aromatic carbocycles. The van der Waals surface area contributed by atoms with Gasteiger partial charge in [0.25, 0.3) is 0 Å². The maximum atomic E-state index is 6.24. The van der Waals surface area contributed by atoms with Gasteiger partial charge in [-0.15, -0.1) is 29.7 Å². The molecule has 5 rings (SSSR count). The van der Waals surface area contributed by atoms with E-state index in [0.29, 0.717) is 0 Å². The maximum absolute atomic E-state index is 6.24. The fourth-order valence-corrected chi connectivity index (χ4v) is 7.46. The van der Waals surface area contributed by atoms with Gasteiger partial charge in [-0.25, -0.2) is 12.1 Å². The van der Waals surface area contributed by atoms with Crippen molar-refractivity contribution in [2.75, 3.05) is 0 Å². The van der Waals surface area contributed by atoms with Gasteiger partial charge in [0.15, 0.2) is 0 Å². The molecule has 0 heterocycles. The first-order chi connectivity index (χ1) is 14.8. The molecule has 0 unspecified atom stereocenters. The third-order valence-electron chi connectivity index (χ3n) is 4.42. The van der Waals surface area contributed by atoms with Crippen molar-refractivity contribution in [1.29, 1.82) is 0 Å². The summed E-state index contributed by atoms with van der Waals surface area (Å²) >= 11 is -2.44. The molecule has 0 fully saturated rings. The fraction of sp³-hybridized carbons (Fsp3) is 0. The minimum Gasteiger partial charge on any atom is -0.214 e. The number of benzene rings is 3.